The Labute approximate surface area is 199 Å². The van der Waals surface area contributed by atoms with Crippen molar-refractivity contribution in [3.63, 3.8) is 0 Å². The molecule has 1 nitrogen and oxygen atoms in total. The van der Waals surface area contributed by atoms with Crippen LogP contribution in [0.1, 0.15) is 0 Å². The number of nitrogens with one attached hydrogen (secondary N) is 1. The molecule has 2 heterocycles. The summed E-state index contributed by atoms with van der Waals surface area (Å²) in [6.07, 6.45) is 0. The average Bonchev–Trinajstić information content (AvgIpc) is 3.47. The number of hydrogen-bond donors (Lipinski definition) is 1. The van der Waals surface area contributed by atoms with Gasteiger partial charge in [0, 0.05) is 41.9 Å². The van der Waals surface area contributed by atoms with Crippen molar-refractivity contribution in [1.82, 2.24) is 4.98 Å². The van der Waals surface area contributed by atoms with Crippen molar-refractivity contribution >= 4 is 74.9 Å². The van der Waals surface area contributed by atoms with E-state index < -0.39 is 0 Å². The molecular weight excluding hydrogens is 430 g/mol. The molecule has 2 heteroatoms. The van der Waals surface area contributed by atoms with Gasteiger partial charge < -0.3 is 4.98 Å². The lowest BCUT2D eigenvalue weighted by atomic mass is 9.98. The largest absolute Gasteiger partial charge is 0.353 e. The zero-order valence-corrected chi connectivity index (χ0v) is 19.1. The summed E-state index contributed by atoms with van der Waals surface area (Å²) >= 11 is 1.88. The van der Waals surface area contributed by atoms with Gasteiger partial charge in [0.05, 0.1) is 11.0 Å². The molecule has 0 aliphatic carbocycles. The molecule has 34 heavy (non-hydrogen) atoms. The van der Waals surface area contributed by atoms with Gasteiger partial charge in [-0.15, -0.1) is 11.3 Å². The molecule has 2 aromatic heterocycles. The van der Waals surface area contributed by atoms with Gasteiger partial charge in [0.1, 0.15) is 0 Å². The Hall–Kier alpha value is -4.14. The van der Waals surface area contributed by atoms with Crippen molar-refractivity contribution in [2.24, 2.45) is 0 Å². The molecule has 1 N–H and O–H groups in total. The highest BCUT2D eigenvalue weighted by Gasteiger charge is 2.14. The molecule has 0 atom stereocenters. The number of H-pyrrole nitrogens is 1. The van der Waals surface area contributed by atoms with Crippen LogP contribution in [0, 0.1) is 0 Å². The van der Waals surface area contributed by atoms with Gasteiger partial charge in [-0.2, -0.15) is 0 Å². The summed E-state index contributed by atoms with van der Waals surface area (Å²) in [4.78, 5) is 3.80. The fraction of sp³-hybridized carbons (Fsp3) is 0. The van der Waals surface area contributed by atoms with Gasteiger partial charge in [0.15, 0.2) is 0 Å². The molecule has 0 amide bonds. The molecule has 8 rings (SSSR count). The molecule has 0 fully saturated rings. The van der Waals surface area contributed by atoms with Crippen molar-refractivity contribution in [2.45, 2.75) is 0 Å². The van der Waals surface area contributed by atoms with Gasteiger partial charge in [0.2, 0.25) is 0 Å². The fourth-order valence-electron chi connectivity index (χ4n) is 5.62. The second-order valence-corrected chi connectivity index (χ2v) is 10.1. The maximum Gasteiger partial charge on any atom is 0.0544 e. The monoisotopic (exact) mass is 449 g/mol. The van der Waals surface area contributed by atoms with E-state index in [-0.39, 0.29) is 0 Å². The highest BCUT2D eigenvalue weighted by atomic mass is 32.1. The van der Waals surface area contributed by atoms with Gasteiger partial charge in [0.25, 0.3) is 0 Å². The number of fused-ring (bicyclic) bond motifs is 10. The van der Waals surface area contributed by atoms with E-state index >= 15 is 0 Å². The van der Waals surface area contributed by atoms with E-state index in [4.69, 9.17) is 0 Å². The van der Waals surface area contributed by atoms with Crippen LogP contribution in [-0.4, -0.2) is 4.98 Å². The average molecular weight is 450 g/mol. The maximum atomic E-state index is 3.80. The Balaban J connectivity index is 1.45. The Kier molecular flexibility index (Phi) is 3.60. The fourth-order valence-corrected chi connectivity index (χ4v) is 6.72. The number of hydrogen-bond acceptors (Lipinski definition) is 1. The molecular formula is C32H19NS. The third-order valence-electron chi connectivity index (χ3n) is 7.20. The van der Waals surface area contributed by atoms with Gasteiger partial charge in [-0.25, -0.2) is 0 Å². The summed E-state index contributed by atoms with van der Waals surface area (Å²) < 4.78 is 2.69. The lowest BCUT2D eigenvalue weighted by Crippen LogP contribution is -1.81. The van der Waals surface area contributed by atoms with Crippen LogP contribution in [0.4, 0.5) is 0 Å². The highest BCUT2D eigenvalue weighted by molar-refractivity contribution is 7.26. The van der Waals surface area contributed by atoms with Crippen molar-refractivity contribution in [1.29, 1.82) is 0 Å². The molecule has 8 aromatic rings. The van der Waals surface area contributed by atoms with Crippen LogP contribution in [0.25, 0.3) is 74.6 Å². The standard InChI is InChI=1S/C32H19NS/c1-3-8-22-19(6-1)13-17-29-30(22)27-18-21(14-16-28(27)34-29)24-10-5-11-25-26-15-12-20-7-2-4-9-23(20)31(26)33-32(24)25/h1-18,33H. The Morgan fingerprint density at radius 3 is 2.09 bits per heavy atom. The minimum atomic E-state index is 1.21. The molecule has 158 valence electrons. The lowest BCUT2D eigenvalue weighted by Gasteiger charge is -2.05. The summed E-state index contributed by atoms with van der Waals surface area (Å²) in [5.74, 6) is 0. The number of benzene rings is 6. The van der Waals surface area contributed by atoms with Crippen molar-refractivity contribution in [3.05, 3.63) is 109 Å². The molecule has 0 spiro atoms. The van der Waals surface area contributed by atoms with E-state index in [2.05, 4.69) is 114 Å². The quantitative estimate of drug-likeness (QED) is 0.257. The zero-order valence-electron chi connectivity index (χ0n) is 18.3. The maximum absolute atomic E-state index is 3.80. The molecule has 0 aliphatic heterocycles. The highest BCUT2D eigenvalue weighted by Crippen LogP contribution is 2.42. The number of rotatable bonds is 1. The first-order valence-electron chi connectivity index (χ1n) is 11.6. The smallest absolute Gasteiger partial charge is 0.0544 e. The predicted octanol–water partition coefficient (Wildman–Crippen LogP) is 9.66. The predicted molar refractivity (Wildman–Crippen MR) is 149 cm³/mol. The Bertz CT molecular complexity index is 2070. The second kappa shape index (κ2) is 6.69. The summed E-state index contributed by atoms with van der Waals surface area (Å²) in [6.45, 7) is 0. The van der Waals surface area contributed by atoms with Crippen LogP contribution in [0.5, 0.6) is 0 Å². The molecule has 6 aromatic carbocycles. The van der Waals surface area contributed by atoms with Crippen molar-refractivity contribution < 1.29 is 0 Å². The Morgan fingerprint density at radius 2 is 1.18 bits per heavy atom. The molecule has 0 unspecified atom stereocenters. The third-order valence-corrected chi connectivity index (χ3v) is 8.34. The number of para-hydroxylation sites is 1. The van der Waals surface area contributed by atoms with Crippen LogP contribution in [0.15, 0.2) is 109 Å². The summed E-state index contributed by atoms with van der Waals surface area (Å²) in [7, 11) is 0. The molecule has 0 saturated heterocycles. The van der Waals surface area contributed by atoms with E-state index in [0.717, 1.165) is 0 Å². The second-order valence-electron chi connectivity index (χ2n) is 9.04. The summed E-state index contributed by atoms with van der Waals surface area (Å²) in [5.41, 5.74) is 4.92. The first-order valence-corrected chi connectivity index (χ1v) is 12.4. The SMILES string of the molecule is c1ccc2c(c1)ccc1c3cccc(-c4ccc5sc6ccc7ccccc7c6c5c4)c3[nH]c21. The summed E-state index contributed by atoms with van der Waals surface area (Å²) in [5, 5.41) is 10.4. The van der Waals surface area contributed by atoms with Crippen molar-refractivity contribution in [2.75, 3.05) is 0 Å². The lowest BCUT2D eigenvalue weighted by molar-refractivity contribution is 1.55. The van der Waals surface area contributed by atoms with Gasteiger partial charge in [-0.05, 0) is 39.9 Å². The van der Waals surface area contributed by atoms with Gasteiger partial charge >= 0.3 is 0 Å². The topological polar surface area (TPSA) is 15.8 Å². The summed E-state index contributed by atoms with van der Waals surface area (Å²) in [6, 6.07) is 39.9. The number of aromatic nitrogens is 1. The van der Waals surface area contributed by atoms with Gasteiger partial charge in [-0.3, -0.25) is 0 Å². The molecule has 0 bridgehead atoms. The van der Waals surface area contributed by atoms with Crippen LogP contribution < -0.4 is 0 Å². The van der Waals surface area contributed by atoms with E-state index in [0.29, 0.717) is 0 Å². The van der Waals surface area contributed by atoms with Crippen LogP contribution in [0.2, 0.25) is 0 Å². The number of thiophene rings is 1. The molecule has 0 radical (unpaired) electrons. The van der Waals surface area contributed by atoms with Crippen LogP contribution in [-0.2, 0) is 0 Å². The first kappa shape index (κ1) is 18.3. The van der Waals surface area contributed by atoms with E-state index in [1.807, 2.05) is 11.3 Å². The number of aromatic amines is 1. The zero-order chi connectivity index (χ0) is 22.2. The van der Waals surface area contributed by atoms with Gasteiger partial charge in [-0.1, -0.05) is 91.0 Å². The normalized spacial score (nSPS) is 12.1. The Morgan fingerprint density at radius 1 is 0.471 bits per heavy atom. The molecule has 0 aliphatic rings. The molecule has 0 saturated carbocycles. The van der Waals surface area contributed by atoms with Crippen molar-refractivity contribution in [3.8, 4) is 11.1 Å². The minimum absolute atomic E-state index is 1.21. The van der Waals surface area contributed by atoms with Crippen LogP contribution >= 0.6 is 11.3 Å². The third kappa shape index (κ3) is 2.43. The van der Waals surface area contributed by atoms with E-state index in [1.165, 1.54) is 74.6 Å². The van der Waals surface area contributed by atoms with E-state index in [1.54, 1.807) is 0 Å². The van der Waals surface area contributed by atoms with Crippen LogP contribution in [0.3, 0.4) is 0 Å². The first-order chi connectivity index (χ1) is 16.8. The minimum Gasteiger partial charge on any atom is -0.353 e. The van der Waals surface area contributed by atoms with E-state index in [9.17, 15) is 0 Å².